The number of benzene rings is 3. The Morgan fingerprint density at radius 1 is 0.656 bits per heavy atom. The molecule has 2 aliphatic rings. The van der Waals surface area contributed by atoms with Gasteiger partial charge in [0, 0.05) is 36.1 Å². The highest BCUT2D eigenvalue weighted by molar-refractivity contribution is 5.66. The largest absolute Gasteiger partial charge is 0.348 e. The standard InChI is InChI=1S/C25H15F4N3/c26-16-6-8-18(22(29)12-16)17-7-5-15(11-21(17)28)13-32-10-9-23-24(14-32)31-25(30-23)19-3-1-2-4-20(19)27/h1-12,14H,13H2. The van der Waals surface area contributed by atoms with Crippen molar-refractivity contribution in [1.82, 2.24) is 14.5 Å². The molecule has 0 radical (unpaired) electrons. The van der Waals surface area contributed by atoms with Gasteiger partial charge in [-0.25, -0.2) is 27.5 Å². The second-order valence-corrected chi connectivity index (χ2v) is 7.35. The van der Waals surface area contributed by atoms with Crippen molar-refractivity contribution in [3.8, 4) is 33.9 Å². The van der Waals surface area contributed by atoms with Gasteiger partial charge in [-0.1, -0.05) is 24.3 Å². The lowest BCUT2D eigenvalue weighted by molar-refractivity contribution is 0.582. The summed E-state index contributed by atoms with van der Waals surface area (Å²) in [6, 6.07) is 15.5. The van der Waals surface area contributed by atoms with Crippen LogP contribution in [0.15, 0.2) is 79.1 Å². The predicted octanol–water partition coefficient (Wildman–Crippen LogP) is 6.32. The van der Waals surface area contributed by atoms with Crippen LogP contribution in [0.5, 0.6) is 0 Å². The lowest BCUT2D eigenvalue weighted by Crippen LogP contribution is -2.02. The van der Waals surface area contributed by atoms with Crippen molar-refractivity contribution >= 4 is 0 Å². The Kier molecular flexibility index (Phi) is 4.93. The maximum absolute atomic E-state index is 14.7. The van der Waals surface area contributed by atoms with Crippen molar-refractivity contribution in [3.05, 3.63) is 108 Å². The summed E-state index contributed by atoms with van der Waals surface area (Å²) >= 11 is 0. The molecule has 2 aliphatic heterocycles. The first-order valence-corrected chi connectivity index (χ1v) is 9.80. The minimum absolute atomic E-state index is 0.00254. The number of hydrogen-bond acceptors (Lipinski definition) is 2. The van der Waals surface area contributed by atoms with Gasteiger partial charge in [0.1, 0.15) is 29.0 Å². The number of hydrogen-bond donors (Lipinski definition) is 0. The van der Waals surface area contributed by atoms with E-state index in [1.807, 2.05) is 0 Å². The summed E-state index contributed by atoms with van der Waals surface area (Å²) in [5.41, 5.74) is 2.22. The number of imidazole rings is 1. The van der Waals surface area contributed by atoms with Gasteiger partial charge in [0.2, 0.25) is 0 Å². The van der Waals surface area contributed by atoms with Crippen LogP contribution in [0.3, 0.4) is 0 Å². The number of halogens is 4. The molecule has 158 valence electrons. The molecule has 0 fully saturated rings. The number of pyridine rings is 1. The van der Waals surface area contributed by atoms with Gasteiger partial charge < -0.3 is 4.57 Å². The van der Waals surface area contributed by atoms with E-state index in [2.05, 4.69) is 9.97 Å². The van der Waals surface area contributed by atoms with Crippen LogP contribution >= 0.6 is 0 Å². The molecule has 0 atom stereocenters. The molecule has 32 heavy (non-hydrogen) atoms. The molecule has 0 bridgehead atoms. The summed E-state index contributed by atoms with van der Waals surface area (Å²) in [4.78, 5) is 8.79. The Labute approximate surface area is 181 Å². The fourth-order valence-corrected chi connectivity index (χ4v) is 3.61. The fourth-order valence-electron chi connectivity index (χ4n) is 3.61. The summed E-state index contributed by atoms with van der Waals surface area (Å²) in [5, 5.41) is 0. The molecule has 0 aromatic heterocycles. The Morgan fingerprint density at radius 3 is 2.12 bits per heavy atom. The highest BCUT2D eigenvalue weighted by Crippen LogP contribution is 2.28. The molecule has 0 saturated carbocycles. The third kappa shape index (κ3) is 3.73. The van der Waals surface area contributed by atoms with E-state index in [4.69, 9.17) is 0 Å². The van der Waals surface area contributed by atoms with Crippen molar-refractivity contribution in [2.75, 3.05) is 0 Å². The highest BCUT2D eigenvalue weighted by atomic mass is 19.1. The Balaban J connectivity index is 1.43. The predicted molar refractivity (Wildman–Crippen MR) is 113 cm³/mol. The van der Waals surface area contributed by atoms with Crippen LogP contribution in [-0.2, 0) is 6.54 Å². The van der Waals surface area contributed by atoms with E-state index < -0.39 is 23.3 Å². The van der Waals surface area contributed by atoms with Crippen LogP contribution < -0.4 is 0 Å². The third-order valence-corrected chi connectivity index (χ3v) is 5.16. The molecular formula is C25H15F4N3. The van der Waals surface area contributed by atoms with Crippen molar-refractivity contribution in [2.24, 2.45) is 0 Å². The Hall–Kier alpha value is -4.00. The molecule has 0 N–H and O–H groups in total. The third-order valence-electron chi connectivity index (χ3n) is 5.16. The SMILES string of the molecule is Fc1ccc(-c2ccc(Cn3ccc4nc(-c5ccccc5F)nc-4c3)cc2F)c(F)c1. The average Bonchev–Trinajstić information content (AvgIpc) is 3.18. The van der Waals surface area contributed by atoms with Gasteiger partial charge in [0.05, 0.1) is 11.3 Å². The van der Waals surface area contributed by atoms with Gasteiger partial charge in [0.25, 0.3) is 0 Å². The monoisotopic (exact) mass is 433 g/mol. The molecule has 3 nitrogen and oxygen atoms in total. The van der Waals surface area contributed by atoms with Crippen molar-refractivity contribution in [2.45, 2.75) is 6.54 Å². The van der Waals surface area contributed by atoms with Crippen LogP contribution in [-0.4, -0.2) is 14.5 Å². The normalized spacial score (nSPS) is 11.2. The minimum atomic E-state index is -0.822. The second kappa shape index (κ2) is 7.92. The van der Waals surface area contributed by atoms with Crippen LogP contribution in [0, 0.1) is 23.3 Å². The zero-order valence-electron chi connectivity index (χ0n) is 16.6. The summed E-state index contributed by atoms with van der Waals surface area (Å²) in [6.45, 7) is 0.334. The van der Waals surface area contributed by atoms with Gasteiger partial charge in [-0.3, -0.25) is 0 Å². The van der Waals surface area contributed by atoms with Gasteiger partial charge in [-0.05, 0) is 42.0 Å². The van der Waals surface area contributed by atoms with Crippen LogP contribution in [0.2, 0.25) is 0 Å². The van der Waals surface area contributed by atoms with Gasteiger partial charge in [-0.15, -0.1) is 0 Å². The van der Waals surface area contributed by atoms with Gasteiger partial charge in [0.15, 0.2) is 5.82 Å². The van der Waals surface area contributed by atoms with E-state index in [1.54, 1.807) is 47.3 Å². The lowest BCUT2D eigenvalue weighted by Gasteiger charge is -2.10. The van der Waals surface area contributed by atoms with Crippen LogP contribution in [0.25, 0.3) is 33.9 Å². The molecular weight excluding hydrogens is 418 g/mol. The Bertz CT molecular complexity index is 1410. The average molecular weight is 433 g/mol. The van der Waals surface area contributed by atoms with Crippen molar-refractivity contribution in [3.63, 3.8) is 0 Å². The number of nitrogens with zero attached hydrogens (tertiary/aromatic N) is 3. The molecule has 0 saturated heterocycles. The summed E-state index contributed by atoms with van der Waals surface area (Å²) < 4.78 is 57.7. The lowest BCUT2D eigenvalue weighted by atomic mass is 10.0. The summed E-state index contributed by atoms with van der Waals surface area (Å²) in [7, 11) is 0. The quantitative estimate of drug-likeness (QED) is 0.311. The molecule has 0 aliphatic carbocycles. The second-order valence-electron chi connectivity index (χ2n) is 7.35. The first-order chi connectivity index (χ1) is 15.5. The summed E-state index contributed by atoms with van der Waals surface area (Å²) in [6.07, 6.45) is 3.52. The van der Waals surface area contributed by atoms with Crippen molar-refractivity contribution in [1.29, 1.82) is 0 Å². The minimum Gasteiger partial charge on any atom is -0.348 e. The van der Waals surface area contributed by atoms with E-state index in [9.17, 15) is 17.6 Å². The van der Waals surface area contributed by atoms with Crippen LogP contribution in [0.1, 0.15) is 5.56 Å². The molecule has 3 aromatic carbocycles. The molecule has 0 unspecified atom stereocenters. The van der Waals surface area contributed by atoms with E-state index in [-0.39, 0.29) is 11.1 Å². The van der Waals surface area contributed by atoms with Crippen molar-refractivity contribution < 1.29 is 17.6 Å². The first-order valence-electron chi connectivity index (χ1n) is 9.80. The molecule has 3 aromatic rings. The van der Waals surface area contributed by atoms with Crippen LogP contribution in [0.4, 0.5) is 17.6 Å². The number of aromatic nitrogens is 3. The fraction of sp³-hybridized carbons (Fsp3) is 0.0400. The molecule has 0 amide bonds. The topological polar surface area (TPSA) is 30.7 Å². The number of rotatable bonds is 4. The molecule has 2 heterocycles. The number of fused-ring (bicyclic) bond motifs is 1. The molecule has 0 spiro atoms. The molecule has 5 rings (SSSR count). The van der Waals surface area contributed by atoms with E-state index in [0.717, 1.165) is 12.1 Å². The summed E-state index contributed by atoms with van der Waals surface area (Å²) in [5.74, 6) is -2.25. The van der Waals surface area contributed by atoms with E-state index >= 15 is 0 Å². The highest BCUT2D eigenvalue weighted by Gasteiger charge is 2.16. The van der Waals surface area contributed by atoms with Gasteiger partial charge >= 0.3 is 0 Å². The van der Waals surface area contributed by atoms with E-state index in [0.29, 0.717) is 34.9 Å². The maximum Gasteiger partial charge on any atom is 0.163 e. The zero-order valence-corrected chi connectivity index (χ0v) is 16.6. The van der Waals surface area contributed by atoms with E-state index in [1.165, 1.54) is 24.3 Å². The maximum atomic E-state index is 14.7. The zero-order chi connectivity index (χ0) is 22.2. The van der Waals surface area contributed by atoms with Gasteiger partial charge in [-0.2, -0.15) is 0 Å². The Morgan fingerprint density at radius 2 is 1.38 bits per heavy atom. The first kappa shape index (κ1) is 19.9. The smallest absolute Gasteiger partial charge is 0.163 e. The molecule has 7 heteroatoms.